The minimum atomic E-state index is -4.62. The molecule has 5 nitrogen and oxygen atoms in total. The van der Waals surface area contributed by atoms with Crippen LogP contribution in [0.25, 0.3) is 0 Å². The monoisotopic (exact) mass is 404 g/mol. The maximum Gasteiger partial charge on any atom is 0.495 e. The van der Waals surface area contributed by atoms with Crippen LogP contribution in [0.2, 0.25) is 0 Å². The Balaban J connectivity index is 2.54. The summed E-state index contributed by atoms with van der Waals surface area (Å²) in [5.41, 5.74) is -3.43. The molecule has 1 unspecified atom stereocenters. The van der Waals surface area contributed by atoms with Crippen LogP contribution in [0.4, 0.5) is 13.2 Å². The second kappa shape index (κ2) is 8.22. The smallest absolute Gasteiger partial charge is 0.495 e. The molecule has 28 heavy (non-hydrogen) atoms. The quantitative estimate of drug-likeness (QED) is 0.713. The number of halogens is 3. The summed E-state index contributed by atoms with van der Waals surface area (Å²) in [6.07, 6.45) is -2.95. The van der Waals surface area contributed by atoms with Crippen LogP contribution in [0.1, 0.15) is 64.2 Å². The highest BCUT2D eigenvalue weighted by molar-refractivity contribution is 6.61. The van der Waals surface area contributed by atoms with Crippen molar-refractivity contribution in [2.45, 2.75) is 70.4 Å². The number of methoxy groups -OCH3 is 1. The predicted octanol–water partition coefficient (Wildman–Crippen LogP) is 3.21. The third kappa shape index (κ3) is 5.00. The summed E-state index contributed by atoms with van der Waals surface area (Å²) in [5.74, 6) is 0.0962. The summed E-state index contributed by atoms with van der Waals surface area (Å²) in [6, 6.07) is 1.82. The normalized spacial score (nSPS) is 18.9. The van der Waals surface area contributed by atoms with Gasteiger partial charge in [-0.3, -0.25) is 0 Å². The van der Waals surface area contributed by atoms with Crippen LogP contribution in [-0.2, 0) is 15.6 Å². The van der Waals surface area contributed by atoms with E-state index in [2.05, 4.69) is 0 Å². The summed E-state index contributed by atoms with van der Waals surface area (Å²) in [7, 11) is -0.410. The molecule has 158 valence electrons. The molecular formula is C19H28BF3O5. The third-order valence-corrected chi connectivity index (χ3v) is 5.35. The van der Waals surface area contributed by atoms with Gasteiger partial charge in [-0.15, -0.1) is 0 Å². The van der Waals surface area contributed by atoms with Gasteiger partial charge in [0.15, 0.2) is 0 Å². The van der Waals surface area contributed by atoms with E-state index in [0.29, 0.717) is 13.0 Å². The fraction of sp³-hybridized carbons (Fsp3) is 0.684. The molecule has 1 heterocycles. The number of rotatable bonds is 6. The van der Waals surface area contributed by atoms with Gasteiger partial charge in [0.05, 0.1) is 30.0 Å². The Bertz CT molecular complexity index is 679. The molecule has 0 aliphatic carbocycles. The van der Waals surface area contributed by atoms with E-state index in [1.165, 1.54) is 21.0 Å². The van der Waals surface area contributed by atoms with Crippen molar-refractivity contribution in [3.05, 3.63) is 23.3 Å². The first-order chi connectivity index (χ1) is 12.8. The number of alkyl halides is 3. The average molecular weight is 404 g/mol. The second-order valence-corrected chi connectivity index (χ2v) is 8.08. The van der Waals surface area contributed by atoms with E-state index in [-0.39, 0.29) is 16.8 Å². The van der Waals surface area contributed by atoms with Crippen LogP contribution in [0.3, 0.4) is 0 Å². The lowest BCUT2D eigenvalue weighted by Crippen LogP contribution is -2.53. The molecule has 2 rings (SSSR count). The topological polar surface area (TPSA) is 68.2 Å². The lowest BCUT2D eigenvalue weighted by Gasteiger charge is -2.38. The fourth-order valence-electron chi connectivity index (χ4n) is 2.97. The van der Waals surface area contributed by atoms with Gasteiger partial charge in [0.25, 0.3) is 0 Å². The zero-order chi connectivity index (χ0) is 21.3. The molecule has 0 aromatic heterocycles. The van der Waals surface area contributed by atoms with Gasteiger partial charge in [-0.25, -0.2) is 0 Å². The van der Waals surface area contributed by atoms with Crippen molar-refractivity contribution in [3.8, 4) is 5.75 Å². The Morgan fingerprint density at radius 3 is 2.25 bits per heavy atom. The standard InChI is InChI=1S/C19H28BF3O5/c1-17(2,24)18(3,4)28-20(25)14-11-12(19(21,22)23)10-13(16(14)26-5)15-8-6-7-9-27-15/h10-11,15,24-25H,6-9H2,1-5H3. The van der Waals surface area contributed by atoms with Crippen molar-refractivity contribution in [2.24, 2.45) is 0 Å². The lowest BCUT2D eigenvalue weighted by atomic mass is 9.74. The Labute approximate surface area is 163 Å². The van der Waals surface area contributed by atoms with Crippen LogP contribution in [0.5, 0.6) is 5.75 Å². The first-order valence-corrected chi connectivity index (χ1v) is 9.27. The van der Waals surface area contributed by atoms with Gasteiger partial charge in [-0.2, -0.15) is 13.2 Å². The SMILES string of the molecule is COc1c(B(O)OC(C)(C)C(C)(C)O)cc(C(F)(F)F)cc1C1CCCCO1. The maximum atomic E-state index is 13.5. The molecule has 2 N–H and O–H groups in total. The highest BCUT2D eigenvalue weighted by Gasteiger charge is 2.42. The van der Waals surface area contributed by atoms with Gasteiger partial charge in [0.1, 0.15) is 5.75 Å². The van der Waals surface area contributed by atoms with Crippen LogP contribution >= 0.6 is 0 Å². The lowest BCUT2D eigenvalue weighted by molar-refractivity contribution is -0.137. The minimum Gasteiger partial charge on any atom is -0.497 e. The third-order valence-electron chi connectivity index (χ3n) is 5.35. The van der Waals surface area contributed by atoms with Crippen molar-refractivity contribution >= 4 is 12.6 Å². The summed E-state index contributed by atoms with van der Waals surface area (Å²) in [6.45, 7) is 6.52. The number of benzene rings is 1. The van der Waals surface area contributed by atoms with Crippen molar-refractivity contribution in [1.29, 1.82) is 0 Å². The number of ether oxygens (including phenoxy) is 2. The molecule has 0 bridgehead atoms. The zero-order valence-electron chi connectivity index (χ0n) is 16.9. The molecule has 1 saturated heterocycles. The van der Waals surface area contributed by atoms with Crippen molar-refractivity contribution < 1.29 is 37.4 Å². The van der Waals surface area contributed by atoms with E-state index in [0.717, 1.165) is 25.0 Å². The van der Waals surface area contributed by atoms with Gasteiger partial charge in [0.2, 0.25) is 0 Å². The Hall–Kier alpha value is -1.29. The molecule has 0 radical (unpaired) electrons. The van der Waals surface area contributed by atoms with Gasteiger partial charge in [-0.05, 0) is 59.1 Å². The molecule has 1 fully saturated rings. The van der Waals surface area contributed by atoms with Crippen molar-refractivity contribution in [1.82, 2.24) is 0 Å². The first-order valence-electron chi connectivity index (χ1n) is 9.27. The van der Waals surface area contributed by atoms with Crippen LogP contribution < -0.4 is 10.2 Å². The molecule has 0 amide bonds. The van der Waals surface area contributed by atoms with Crippen LogP contribution in [-0.4, -0.2) is 42.2 Å². The number of hydrogen-bond donors (Lipinski definition) is 2. The molecule has 0 saturated carbocycles. The number of hydrogen-bond acceptors (Lipinski definition) is 5. The Morgan fingerprint density at radius 2 is 1.79 bits per heavy atom. The van der Waals surface area contributed by atoms with E-state index in [4.69, 9.17) is 14.1 Å². The Morgan fingerprint density at radius 1 is 1.14 bits per heavy atom. The molecule has 1 atom stereocenters. The molecular weight excluding hydrogens is 376 g/mol. The van der Waals surface area contributed by atoms with Crippen LogP contribution in [0.15, 0.2) is 12.1 Å². The van der Waals surface area contributed by atoms with Gasteiger partial charge in [0, 0.05) is 17.6 Å². The fourth-order valence-corrected chi connectivity index (χ4v) is 2.97. The maximum absolute atomic E-state index is 13.5. The average Bonchev–Trinajstić information content (AvgIpc) is 2.59. The summed E-state index contributed by atoms with van der Waals surface area (Å²) in [5, 5.41) is 20.9. The largest absolute Gasteiger partial charge is 0.497 e. The van der Waals surface area contributed by atoms with Gasteiger partial charge < -0.3 is 24.3 Å². The first kappa shape index (κ1) is 23.0. The van der Waals surface area contributed by atoms with Crippen LogP contribution in [0, 0.1) is 0 Å². The molecule has 0 spiro atoms. The summed E-state index contributed by atoms with van der Waals surface area (Å²) in [4.78, 5) is 0. The Kier molecular flexibility index (Phi) is 6.75. The highest BCUT2D eigenvalue weighted by Crippen LogP contribution is 2.38. The second-order valence-electron chi connectivity index (χ2n) is 8.08. The van der Waals surface area contributed by atoms with Crippen molar-refractivity contribution in [2.75, 3.05) is 13.7 Å². The van der Waals surface area contributed by atoms with Gasteiger partial charge in [-0.1, -0.05) is 0 Å². The molecule has 9 heteroatoms. The molecule has 1 aromatic carbocycles. The summed E-state index contributed by atoms with van der Waals surface area (Å²) < 4.78 is 57.1. The summed E-state index contributed by atoms with van der Waals surface area (Å²) >= 11 is 0. The molecule has 1 aliphatic rings. The number of aliphatic hydroxyl groups is 1. The van der Waals surface area contributed by atoms with E-state index < -0.39 is 36.2 Å². The van der Waals surface area contributed by atoms with E-state index in [1.54, 1.807) is 13.8 Å². The molecule has 1 aromatic rings. The molecule has 1 aliphatic heterocycles. The van der Waals surface area contributed by atoms with E-state index in [9.17, 15) is 23.3 Å². The predicted molar refractivity (Wildman–Crippen MR) is 99.6 cm³/mol. The van der Waals surface area contributed by atoms with Gasteiger partial charge >= 0.3 is 13.3 Å². The van der Waals surface area contributed by atoms with Crippen molar-refractivity contribution in [3.63, 3.8) is 0 Å². The zero-order valence-corrected chi connectivity index (χ0v) is 16.9. The van der Waals surface area contributed by atoms with E-state index in [1.807, 2.05) is 0 Å². The highest BCUT2D eigenvalue weighted by atomic mass is 19.4. The van der Waals surface area contributed by atoms with E-state index >= 15 is 0 Å². The minimum absolute atomic E-state index is 0.0962.